The van der Waals surface area contributed by atoms with Crippen molar-refractivity contribution in [3.8, 4) is 0 Å². The zero-order valence-electron chi connectivity index (χ0n) is 12.4. The second kappa shape index (κ2) is 6.79. The second-order valence-corrected chi connectivity index (χ2v) is 4.88. The second-order valence-electron chi connectivity index (χ2n) is 4.88. The third-order valence-corrected chi connectivity index (χ3v) is 3.26. The van der Waals surface area contributed by atoms with E-state index in [4.69, 9.17) is 0 Å². The highest BCUT2D eigenvalue weighted by Crippen LogP contribution is 2.13. The summed E-state index contributed by atoms with van der Waals surface area (Å²) in [5.41, 5.74) is 2.23. The van der Waals surface area contributed by atoms with E-state index in [0.717, 1.165) is 16.7 Å². The molecular weight excluding hydrogens is 286 g/mol. The van der Waals surface area contributed by atoms with E-state index in [0.29, 0.717) is 0 Å². The van der Waals surface area contributed by atoms with E-state index < -0.39 is 10.9 Å². The molecule has 1 aromatic heterocycles. The molecule has 0 aliphatic carbocycles. The van der Waals surface area contributed by atoms with Gasteiger partial charge in [0.05, 0.1) is 6.04 Å². The Hall–Kier alpha value is -2.77. The third kappa shape index (κ3) is 3.87. The van der Waals surface area contributed by atoms with Crippen LogP contribution < -0.4 is 5.32 Å². The number of carbonyl (C=O) groups is 1. The molecule has 8 nitrogen and oxygen atoms in total. The number of rotatable bonds is 6. The van der Waals surface area contributed by atoms with Crippen LogP contribution in [-0.2, 0) is 17.8 Å². The summed E-state index contributed by atoms with van der Waals surface area (Å²) in [4.78, 5) is 25.2. The molecule has 8 heteroatoms. The highest BCUT2D eigenvalue weighted by molar-refractivity contribution is 5.76. The van der Waals surface area contributed by atoms with Crippen molar-refractivity contribution in [2.24, 2.45) is 0 Å². The Balaban J connectivity index is 1.93. The van der Waals surface area contributed by atoms with E-state index in [-0.39, 0.29) is 18.5 Å². The average Bonchev–Trinajstić information content (AvgIpc) is 2.95. The third-order valence-electron chi connectivity index (χ3n) is 3.26. The lowest BCUT2D eigenvalue weighted by Gasteiger charge is -2.14. The normalized spacial score (nSPS) is 11.9. The van der Waals surface area contributed by atoms with Crippen LogP contribution in [0.2, 0.25) is 0 Å². The molecule has 0 aliphatic heterocycles. The number of carbonyl (C=O) groups excluding carboxylic acids is 1. The largest absolute Gasteiger partial charge is 0.490 e. The van der Waals surface area contributed by atoms with Gasteiger partial charge in [0.15, 0.2) is 0 Å². The standard InChI is InChI=1S/C14H17N5O3/c1-3-11-4-6-12(7-5-11)10(2)16-13(20)8-18-9-15-14(17-18)19(21)22/h4-7,9-10H,3,8H2,1-2H3,(H,16,20)/t10-/m0/s1. The van der Waals surface area contributed by atoms with Gasteiger partial charge < -0.3 is 15.4 Å². The summed E-state index contributed by atoms with van der Waals surface area (Å²) in [5, 5.41) is 16.9. The van der Waals surface area contributed by atoms with Crippen LogP contribution in [0.15, 0.2) is 30.6 Å². The van der Waals surface area contributed by atoms with Gasteiger partial charge >= 0.3 is 5.95 Å². The molecule has 0 saturated heterocycles. The summed E-state index contributed by atoms with van der Waals surface area (Å²) < 4.78 is 1.14. The van der Waals surface area contributed by atoms with Crippen LogP contribution in [0.25, 0.3) is 0 Å². The Morgan fingerprint density at radius 2 is 2.09 bits per heavy atom. The fourth-order valence-corrected chi connectivity index (χ4v) is 2.00. The zero-order chi connectivity index (χ0) is 16.1. The molecule has 2 aromatic rings. The van der Waals surface area contributed by atoms with Gasteiger partial charge in [-0.05, 0) is 29.4 Å². The molecule has 0 aliphatic rings. The molecule has 1 amide bonds. The lowest BCUT2D eigenvalue weighted by Crippen LogP contribution is -2.30. The quantitative estimate of drug-likeness (QED) is 0.645. The average molecular weight is 303 g/mol. The summed E-state index contributed by atoms with van der Waals surface area (Å²) in [7, 11) is 0. The molecule has 0 saturated carbocycles. The first kappa shape index (κ1) is 15.6. The smallest absolute Gasteiger partial charge is 0.390 e. The monoisotopic (exact) mass is 303 g/mol. The highest BCUT2D eigenvalue weighted by Gasteiger charge is 2.16. The molecule has 2 rings (SSSR count). The molecule has 0 unspecified atom stereocenters. The number of hydrogen-bond acceptors (Lipinski definition) is 5. The van der Waals surface area contributed by atoms with Crippen molar-refractivity contribution in [1.82, 2.24) is 20.1 Å². The van der Waals surface area contributed by atoms with Crippen LogP contribution in [0.4, 0.5) is 5.95 Å². The number of amides is 1. The maximum absolute atomic E-state index is 11.9. The predicted octanol–water partition coefficient (Wildman–Crippen LogP) is 1.63. The minimum atomic E-state index is -0.702. The van der Waals surface area contributed by atoms with Gasteiger partial charge in [0, 0.05) is 5.10 Å². The van der Waals surface area contributed by atoms with E-state index in [2.05, 4.69) is 22.3 Å². The summed E-state index contributed by atoms with van der Waals surface area (Å²) in [6.07, 6.45) is 2.13. The number of hydrogen-bond donors (Lipinski definition) is 1. The van der Waals surface area contributed by atoms with E-state index in [1.54, 1.807) is 0 Å². The summed E-state index contributed by atoms with van der Waals surface area (Å²) in [5.74, 6) is -0.803. The van der Waals surface area contributed by atoms with Crippen molar-refractivity contribution < 1.29 is 9.72 Å². The van der Waals surface area contributed by atoms with Crippen molar-refractivity contribution in [2.75, 3.05) is 0 Å². The van der Waals surface area contributed by atoms with Crippen LogP contribution in [0, 0.1) is 10.1 Å². The van der Waals surface area contributed by atoms with Gasteiger partial charge in [-0.25, -0.2) is 0 Å². The minimum Gasteiger partial charge on any atom is -0.390 e. The Kier molecular flexibility index (Phi) is 4.82. The Bertz CT molecular complexity index is 665. The minimum absolute atomic E-state index is 0.113. The predicted molar refractivity (Wildman–Crippen MR) is 79.1 cm³/mol. The molecule has 0 fully saturated rings. The van der Waals surface area contributed by atoms with Crippen LogP contribution in [0.3, 0.4) is 0 Å². The molecule has 1 heterocycles. The Morgan fingerprint density at radius 3 is 2.64 bits per heavy atom. The van der Waals surface area contributed by atoms with Gasteiger partial charge in [-0.2, -0.15) is 4.68 Å². The van der Waals surface area contributed by atoms with Crippen LogP contribution in [0.1, 0.15) is 31.0 Å². The fourth-order valence-electron chi connectivity index (χ4n) is 2.00. The molecule has 0 radical (unpaired) electrons. The number of nitro groups is 1. The first-order valence-electron chi connectivity index (χ1n) is 6.91. The van der Waals surface area contributed by atoms with Crippen molar-refractivity contribution in [2.45, 2.75) is 32.9 Å². The topological polar surface area (TPSA) is 103 Å². The fraction of sp³-hybridized carbons (Fsp3) is 0.357. The molecule has 1 N–H and O–H groups in total. The molecule has 0 spiro atoms. The van der Waals surface area contributed by atoms with Gasteiger partial charge in [-0.3, -0.25) is 4.79 Å². The molecule has 22 heavy (non-hydrogen) atoms. The Labute approximate surface area is 127 Å². The Morgan fingerprint density at radius 1 is 1.41 bits per heavy atom. The molecule has 1 atom stereocenters. The van der Waals surface area contributed by atoms with Crippen molar-refractivity contribution >= 4 is 11.9 Å². The van der Waals surface area contributed by atoms with Crippen LogP contribution in [0.5, 0.6) is 0 Å². The molecule has 1 aromatic carbocycles. The lowest BCUT2D eigenvalue weighted by atomic mass is 10.1. The van der Waals surface area contributed by atoms with Crippen molar-refractivity contribution in [1.29, 1.82) is 0 Å². The molecule has 116 valence electrons. The van der Waals surface area contributed by atoms with Gasteiger partial charge in [-0.15, -0.1) is 0 Å². The maximum atomic E-state index is 11.9. The number of aromatic nitrogens is 3. The summed E-state index contributed by atoms with van der Waals surface area (Å²) in [6.45, 7) is 3.85. The van der Waals surface area contributed by atoms with Gasteiger partial charge in [-0.1, -0.05) is 36.2 Å². The SMILES string of the molecule is CCc1ccc([C@H](C)NC(=O)Cn2cnc([N+](=O)[O-])n2)cc1. The molecular formula is C14H17N5O3. The van der Waals surface area contributed by atoms with Crippen molar-refractivity contribution in [3.63, 3.8) is 0 Å². The van der Waals surface area contributed by atoms with Crippen LogP contribution >= 0.6 is 0 Å². The summed E-state index contributed by atoms with van der Waals surface area (Å²) >= 11 is 0. The zero-order valence-corrected chi connectivity index (χ0v) is 12.4. The first-order valence-corrected chi connectivity index (χ1v) is 6.91. The van der Waals surface area contributed by atoms with Gasteiger partial charge in [0.25, 0.3) is 0 Å². The van der Waals surface area contributed by atoms with E-state index >= 15 is 0 Å². The number of benzene rings is 1. The van der Waals surface area contributed by atoms with E-state index in [1.165, 1.54) is 11.9 Å². The number of aryl methyl sites for hydroxylation is 1. The van der Waals surface area contributed by atoms with Gasteiger partial charge in [0.2, 0.25) is 12.2 Å². The van der Waals surface area contributed by atoms with Gasteiger partial charge in [0.1, 0.15) is 6.54 Å². The lowest BCUT2D eigenvalue weighted by molar-refractivity contribution is -0.394. The van der Waals surface area contributed by atoms with Crippen molar-refractivity contribution in [3.05, 3.63) is 51.8 Å². The highest BCUT2D eigenvalue weighted by atomic mass is 16.6. The number of nitrogens with zero attached hydrogens (tertiary/aromatic N) is 4. The summed E-state index contributed by atoms with van der Waals surface area (Å²) in [6, 6.07) is 7.85. The number of nitrogens with one attached hydrogen (secondary N) is 1. The molecule has 0 bridgehead atoms. The van der Waals surface area contributed by atoms with E-state index in [1.807, 2.05) is 31.2 Å². The maximum Gasteiger partial charge on any atom is 0.490 e. The van der Waals surface area contributed by atoms with E-state index in [9.17, 15) is 14.9 Å². The first-order chi connectivity index (χ1) is 10.5. The van der Waals surface area contributed by atoms with Crippen LogP contribution in [-0.4, -0.2) is 25.6 Å².